The zero-order chi connectivity index (χ0) is 13.8. The highest BCUT2D eigenvalue weighted by molar-refractivity contribution is 5.77. The Morgan fingerprint density at radius 2 is 1.89 bits per heavy atom. The molecule has 1 aliphatic heterocycles. The molecule has 0 spiro atoms. The van der Waals surface area contributed by atoms with Gasteiger partial charge in [-0.05, 0) is 17.5 Å². The van der Waals surface area contributed by atoms with Crippen molar-refractivity contribution in [2.45, 2.75) is 19.4 Å². The van der Waals surface area contributed by atoms with Crippen molar-refractivity contribution in [3.63, 3.8) is 0 Å². The Morgan fingerprint density at radius 1 is 1.21 bits per heavy atom. The van der Waals surface area contributed by atoms with Crippen LogP contribution in [-0.2, 0) is 22.6 Å². The summed E-state index contributed by atoms with van der Waals surface area (Å²) in [7, 11) is 0. The number of carbonyl (C=O) groups is 2. The number of fused-ring (bicyclic) bond motifs is 1. The van der Waals surface area contributed by atoms with Crippen LogP contribution >= 0.6 is 0 Å². The fraction of sp³-hybridized carbons (Fsp3) is 0.429. The molecular weight excluding hydrogens is 246 g/mol. The van der Waals surface area contributed by atoms with Gasteiger partial charge in [0.2, 0.25) is 0 Å². The molecule has 1 unspecified atom stereocenters. The van der Waals surface area contributed by atoms with E-state index in [1.54, 1.807) is 0 Å². The molecule has 19 heavy (non-hydrogen) atoms. The Bertz CT molecular complexity index is 486. The van der Waals surface area contributed by atoms with Crippen molar-refractivity contribution in [2.24, 2.45) is 5.92 Å². The summed E-state index contributed by atoms with van der Waals surface area (Å²) in [6.45, 7) is 1.76. The molecule has 5 heteroatoms. The highest BCUT2D eigenvalue weighted by atomic mass is 16.4. The van der Waals surface area contributed by atoms with Crippen LogP contribution in [0.2, 0.25) is 0 Å². The summed E-state index contributed by atoms with van der Waals surface area (Å²) in [5.74, 6) is -2.95. The molecule has 5 nitrogen and oxygen atoms in total. The van der Waals surface area contributed by atoms with Gasteiger partial charge in [0.15, 0.2) is 0 Å². The van der Waals surface area contributed by atoms with Gasteiger partial charge in [-0.25, -0.2) is 0 Å². The third-order valence-electron chi connectivity index (χ3n) is 3.46. The van der Waals surface area contributed by atoms with E-state index in [1.165, 1.54) is 11.1 Å². The molecule has 1 aromatic carbocycles. The van der Waals surface area contributed by atoms with E-state index < -0.39 is 17.9 Å². The fourth-order valence-electron chi connectivity index (χ4n) is 2.46. The summed E-state index contributed by atoms with van der Waals surface area (Å²) in [5, 5.41) is 17.8. The van der Waals surface area contributed by atoms with Crippen LogP contribution in [-0.4, -0.2) is 40.1 Å². The lowest BCUT2D eigenvalue weighted by atomic mass is 9.98. The van der Waals surface area contributed by atoms with E-state index >= 15 is 0 Å². The highest BCUT2D eigenvalue weighted by Crippen LogP contribution is 2.20. The van der Waals surface area contributed by atoms with Crippen LogP contribution in [0.25, 0.3) is 0 Å². The summed E-state index contributed by atoms with van der Waals surface area (Å²) in [4.78, 5) is 23.8. The second-order valence-corrected chi connectivity index (χ2v) is 4.89. The van der Waals surface area contributed by atoms with Gasteiger partial charge in [-0.1, -0.05) is 24.3 Å². The third-order valence-corrected chi connectivity index (χ3v) is 3.46. The second kappa shape index (κ2) is 5.84. The lowest BCUT2D eigenvalue weighted by molar-refractivity contribution is -0.149. The minimum absolute atomic E-state index is 0.288. The molecule has 2 rings (SSSR count). The van der Waals surface area contributed by atoms with Crippen molar-refractivity contribution in [2.75, 3.05) is 13.1 Å². The first-order chi connectivity index (χ1) is 9.06. The summed E-state index contributed by atoms with van der Waals surface area (Å²) in [6, 6.07) is 8.08. The largest absolute Gasteiger partial charge is 0.481 e. The zero-order valence-corrected chi connectivity index (χ0v) is 10.6. The lowest BCUT2D eigenvalue weighted by Crippen LogP contribution is -2.37. The Balaban J connectivity index is 2.00. The number of rotatable bonds is 5. The lowest BCUT2D eigenvalue weighted by Gasteiger charge is -2.30. The molecule has 0 bridgehead atoms. The zero-order valence-electron chi connectivity index (χ0n) is 10.6. The van der Waals surface area contributed by atoms with Crippen LogP contribution in [0.15, 0.2) is 24.3 Å². The van der Waals surface area contributed by atoms with Crippen molar-refractivity contribution in [1.82, 2.24) is 4.90 Å². The number of hydrogen-bond donors (Lipinski definition) is 2. The molecule has 1 atom stereocenters. The smallest absolute Gasteiger partial charge is 0.308 e. The average Bonchev–Trinajstić information content (AvgIpc) is 2.37. The summed E-state index contributed by atoms with van der Waals surface area (Å²) >= 11 is 0. The van der Waals surface area contributed by atoms with E-state index in [-0.39, 0.29) is 13.0 Å². The molecular formula is C14H17NO4. The van der Waals surface area contributed by atoms with Crippen LogP contribution in [0.4, 0.5) is 0 Å². The van der Waals surface area contributed by atoms with Gasteiger partial charge in [0.05, 0.1) is 12.3 Å². The number of nitrogens with zero attached hydrogens (tertiary/aromatic N) is 1. The predicted molar refractivity (Wildman–Crippen MR) is 68.8 cm³/mol. The Kier molecular flexibility index (Phi) is 4.16. The third kappa shape index (κ3) is 3.54. The average molecular weight is 263 g/mol. The molecule has 0 amide bonds. The Labute approximate surface area is 111 Å². The van der Waals surface area contributed by atoms with Crippen molar-refractivity contribution in [3.05, 3.63) is 35.4 Å². The molecule has 0 saturated carbocycles. The first-order valence-electron chi connectivity index (χ1n) is 6.30. The molecule has 0 aliphatic carbocycles. The van der Waals surface area contributed by atoms with Gasteiger partial charge in [0, 0.05) is 19.6 Å². The predicted octanol–water partition coefficient (Wildman–Crippen LogP) is 1.22. The molecule has 0 saturated heterocycles. The van der Waals surface area contributed by atoms with Crippen LogP contribution < -0.4 is 0 Å². The van der Waals surface area contributed by atoms with Gasteiger partial charge in [-0.15, -0.1) is 0 Å². The molecule has 1 heterocycles. The van der Waals surface area contributed by atoms with Gasteiger partial charge >= 0.3 is 11.9 Å². The van der Waals surface area contributed by atoms with E-state index in [1.807, 2.05) is 23.1 Å². The number of carboxylic acids is 2. The summed E-state index contributed by atoms with van der Waals surface area (Å²) in [5.41, 5.74) is 2.50. The van der Waals surface area contributed by atoms with E-state index in [9.17, 15) is 9.59 Å². The number of hydrogen-bond acceptors (Lipinski definition) is 3. The quantitative estimate of drug-likeness (QED) is 0.835. The Hall–Kier alpha value is -1.88. The van der Waals surface area contributed by atoms with Gasteiger partial charge in [-0.3, -0.25) is 14.5 Å². The maximum Gasteiger partial charge on any atom is 0.308 e. The van der Waals surface area contributed by atoms with Crippen molar-refractivity contribution >= 4 is 11.9 Å². The van der Waals surface area contributed by atoms with Crippen LogP contribution in [0, 0.1) is 5.92 Å². The molecule has 1 aliphatic rings. The fourth-order valence-corrected chi connectivity index (χ4v) is 2.46. The maximum atomic E-state index is 11.1. The first kappa shape index (κ1) is 13.5. The van der Waals surface area contributed by atoms with Gasteiger partial charge in [0.1, 0.15) is 0 Å². The van der Waals surface area contributed by atoms with Crippen LogP contribution in [0.1, 0.15) is 17.5 Å². The van der Waals surface area contributed by atoms with Crippen molar-refractivity contribution in [3.8, 4) is 0 Å². The molecule has 0 fully saturated rings. The Morgan fingerprint density at radius 3 is 2.53 bits per heavy atom. The monoisotopic (exact) mass is 263 g/mol. The highest BCUT2D eigenvalue weighted by Gasteiger charge is 2.25. The molecule has 102 valence electrons. The van der Waals surface area contributed by atoms with E-state index in [0.29, 0.717) is 6.54 Å². The standard InChI is InChI=1S/C14H17NO4/c16-13(17)7-12(14(18)19)9-15-6-5-10-3-1-2-4-11(10)8-15/h1-4,12H,5-9H2,(H,16,17)(H,18,19). The van der Waals surface area contributed by atoms with Crippen molar-refractivity contribution < 1.29 is 19.8 Å². The van der Waals surface area contributed by atoms with Gasteiger partial charge in [-0.2, -0.15) is 0 Å². The normalized spacial score (nSPS) is 16.6. The summed E-state index contributed by atoms with van der Waals surface area (Å²) in [6.07, 6.45) is 0.559. The minimum atomic E-state index is -1.06. The molecule has 2 N–H and O–H groups in total. The summed E-state index contributed by atoms with van der Waals surface area (Å²) < 4.78 is 0. The SMILES string of the molecule is O=C(O)CC(CN1CCc2ccccc2C1)C(=O)O. The maximum absolute atomic E-state index is 11.1. The van der Waals surface area contributed by atoms with Crippen molar-refractivity contribution in [1.29, 1.82) is 0 Å². The molecule has 0 radical (unpaired) electrons. The van der Waals surface area contributed by atoms with E-state index in [2.05, 4.69) is 6.07 Å². The second-order valence-electron chi connectivity index (χ2n) is 4.89. The number of benzene rings is 1. The first-order valence-corrected chi connectivity index (χ1v) is 6.30. The molecule has 0 aromatic heterocycles. The van der Waals surface area contributed by atoms with E-state index in [0.717, 1.165) is 13.0 Å². The van der Waals surface area contributed by atoms with E-state index in [4.69, 9.17) is 10.2 Å². The van der Waals surface area contributed by atoms with Crippen LogP contribution in [0.5, 0.6) is 0 Å². The number of carboxylic acid groups (broad SMARTS) is 2. The van der Waals surface area contributed by atoms with Crippen LogP contribution in [0.3, 0.4) is 0 Å². The molecule has 1 aromatic rings. The minimum Gasteiger partial charge on any atom is -0.481 e. The topological polar surface area (TPSA) is 77.8 Å². The van der Waals surface area contributed by atoms with Gasteiger partial charge in [0.25, 0.3) is 0 Å². The van der Waals surface area contributed by atoms with Gasteiger partial charge < -0.3 is 10.2 Å². The number of aliphatic carboxylic acids is 2.